The molecule has 1 aromatic carbocycles. The summed E-state index contributed by atoms with van der Waals surface area (Å²) in [7, 11) is 0. The standard InChI is InChI=1S/C11H15BrClN/c1-3-8(2)14-7-9-6-10(13)4-5-11(9)12/h4-6,8,14H,3,7H2,1-2H3/t8-/m1/s1. The summed E-state index contributed by atoms with van der Waals surface area (Å²) in [5.74, 6) is 0. The molecule has 0 spiro atoms. The number of nitrogens with one attached hydrogen (secondary N) is 1. The molecule has 0 saturated heterocycles. The third-order valence-corrected chi connectivity index (χ3v) is 3.27. The van der Waals surface area contributed by atoms with Gasteiger partial charge < -0.3 is 5.32 Å². The first-order valence-corrected chi connectivity index (χ1v) is 5.98. The van der Waals surface area contributed by atoms with Gasteiger partial charge >= 0.3 is 0 Å². The van der Waals surface area contributed by atoms with Gasteiger partial charge in [0.2, 0.25) is 0 Å². The van der Waals surface area contributed by atoms with E-state index in [1.165, 1.54) is 5.56 Å². The number of rotatable bonds is 4. The van der Waals surface area contributed by atoms with E-state index in [-0.39, 0.29) is 0 Å². The average molecular weight is 277 g/mol. The van der Waals surface area contributed by atoms with Gasteiger partial charge in [-0.05, 0) is 37.1 Å². The van der Waals surface area contributed by atoms with E-state index in [0.717, 1.165) is 22.5 Å². The molecule has 0 bridgehead atoms. The SMILES string of the molecule is CC[C@@H](C)NCc1cc(Cl)ccc1Br. The van der Waals surface area contributed by atoms with E-state index in [9.17, 15) is 0 Å². The highest BCUT2D eigenvalue weighted by Crippen LogP contribution is 2.21. The van der Waals surface area contributed by atoms with Crippen molar-refractivity contribution in [1.82, 2.24) is 5.32 Å². The second-order valence-corrected chi connectivity index (χ2v) is 4.72. The molecule has 1 rings (SSSR count). The lowest BCUT2D eigenvalue weighted by Gasteiger charge is -2.12. The number of hydrogen-bond donors (Lipinski definition) is 1. The van der Waals surface area contributed by atoms with Gasteiger partial charge in [-0.1, -0.05) is 34.5 Å². The Bertz CT molecular complexity index is 301. The molecular weight excluding hydrogens is 261 g/mol. The average Bonchev–Trinajstić information content (AvgIpc) is 2.19. The lowest BCUT2D eigenvalue weighted by molar-refractivity contribution is 0.533. The molecule has 14 heavy (non-hydrogen) atoms. The van der Waals surface area contributed by atoms with Crippen LogP contribution in [0.4, 0.5) is 0 Å². The van der Waals surface area contributed by atoms with Crippen LogP contribution in [-0.4, -0.2) is 6.04 Å². The zero-order valence-electron chi connectivity index (χ0n) is 8.48. The second kappa shape index (κ2) is 5.74. The zero-order chi connectivity index (χ0) is 10.6. The minimum Gasteiger partial charge on any atom is -0.310 e. The van der Waals surface area contributed by atoms with Crippen LogP contribution < -0.4 is 5.32 Å². The van der Waals surface area contributed by atoms with Crippen molar-refractivity contribution in [1.29, 1.82) is 0 Å². The predicted molar refractivity (Wildman–Crippen MR) is 65.7 cm³/mol. The third kappa shape index (κ3) is 3.60. The summed E-state index contributed by atoms with van der Waals surface area (Å²) in [5.41, 5.74) is 1.21. The van der Waals surface area contributed by atoms with Crippen molar-refractivity contribution in [3.8, 4) is 0 Å². The molecule has 0 radical (unpaired) electrons. The van der Waals surface area contributed by atoms with Gasteiger partial charge in [0.05, 0.1) is 0 Å². The first-order valence-electron chi connectivity index (χ1n) is 4.80. The number of halogens is 2. The van der Waals surface area contributed by atoms with Crippen LogP contribution in [0.3, 0.4) is 0 Å². The predicted octanol–water partition coefficient (Wildman–Crippen LogP) is 3.99. The van der Waals surface area contributed by atoms with Crippen LogP contribution in [0.25, 0.3) is 0 Å². The quantitative estimate of drug-likeness (QED) is 0.877. The molecule has 0 saturated carbocycles. The lowest BCUT2D eigenvalue weighted by Crippen LogP contribution is -2.24. The molecule has 1 N–H and O–H groups in total. The van der Waals surface area contributed by atoms with Gasteiger partial charge in [0.1, 0.15) is 0 Å². The van der Waals surface area contributed by atoms with E-state index in [2.05, 4.69) is 35.1 Å². The van der Waals surface area contributed by atoms with Gasteiger partial charge in [-0.3, -0.25) is 0 Å². The summed E-state index contributed by atoms with van der Waals surface area (Å²) in [5, 5.41) is 4.21. The molecule has 0 aliphatic rings. The fourth-order valence-electron chi connectivity index (χ4n) is 1.11. The summed E-state index contributed by atoms with van der Waals surface area (Å²) in [6.07, 6.45) is 1.14. The summed E-state index contributed by atoms with van der Waals surface area (Å²) < 4.78 is 1.11. The van der Waals surface area contributed by atoms with Crippen molar-refractivity contribution in [2.45, 2.75) is 32.9 Å². The fourth-order valence-corrected chi connectivity index (χ4v) is 1.69. The summed E-state index contributed by atoms with van der Waals surface area (Å²) in [4.78, 5) is 0. The molecule has 1 aromatic rings. The van der Waals surface area contributed by atoms with E-state index >= 15 is 0 Å². The Morgan fingerprint density at radius 3 is 2.86 bits per heavy atom. The molecule has 0 aliphatic carbocycles. The van der Waals surface area contributed by atoms with Gasteiger partial charge in [0.25, 0.3) is 0 Å². The van der Waals surface area contributed by atoms with E-state index in [0.29, 0.717) is 6.04 Å². The van der Waals surface area contributed by atoms with Crippen LogP contribution in [0.15, 0.2) is 22.7 Å². The van der Waals surface area contributed by atoms with Gasteiger partial charge in [-0.15, -0.1) is 0 Å². The van der Waals surface area contributed by atoms with E-state index in [1.54, 1.807) is 0 Å². The molecule has 1 atom stereocenters. The Morgan fingerprint density at radius 2 is 2.21 bits per heavy atom. The molecule has 3 heteroatoms. The van der Waals surface area contributed by atoms with Gasteiger partial charge in [0, 0.05) is 22.1 Å². The van der Waals surface area contributed by atoms with Crippen molar-refractivity contribution < 1.29 is 0 Å². The first kappa shape index (κ1) is 12.0. The molecular formula is C11H15BrClN. The van der Waals surface area contributed by atoms with E-state index < -0.39 is 0 Å². The number of benzene rings is 1. The molecule has 0 amide bonds. The molecule has 1 nitrogen and oxygen atoms in total. The second-order valence-electron chi connectivity index (χ2n) is 3.43. The Hall–Kier alpha value is -0.0500. The lowest BCUT2D eigenvalue weighted by atomic mass is 10.2. The van der Waals surface area contributed by atoms with Crippen LogP contribution in [0.5, 0.6) is 0 Å². The van der Waals surface area contributed by atoms with Gasteiger partial charge in [-0.2, -0.15) is 0 Å². The molecule has 78 valence electrons. The van der Waals surface area contributed by atoms with Crippen LogP contribution in [-0.2, 0) is 6.54 Å². The van der Waals surface area contributed by atoms with Crippen molar-refractivity contribution in [3.05, 3.63) is 33.3 Å². The maximum atomic E-state index is 5.92. The topological polar surface area (TPSA) is 12.0 Å². The molecule has 0 unspecified atom stereocenters. The minimum atomic E-state index is 0.542. The summed E-state index contributed by atoms with van der Waals surface area (Å²) >= 11 is 9.42. The summed E-state index contributed by atoms with van der Waals surface area (Å²) in [6.45, 7) is 5.21. The molecule has 0 aliphatic heterocycles. The largest absolute Gasteiger partial charge is 0.310 e. The normalized spacial score (nSPS) is 12.9. The monoisotopic (exact) mass is 275 g/mol. The van der Waals surface area contributed by atoms with Crippen LogP contribution >= 0.6 is 27.5 Å². The van der Waals surface area contributed by atoms with Crippen molar-refractivity contribution in [3.63, 3.8) is 0 Å². The van der Waals surface area contributed by atoms with Crippen molar-refractivity contribution in [2.24, 2.45) is 0 Å². The minimum absolute atomic E-state index is 0.542. The maximum Gasteiger partial charge on any atom is 0.0410 e. The maximum absolute atomic E-state index is 5.92. The highest BCUT2D eigenvalue weighted by molar-refractivity contribution is 9.10. The number of hydrogen-bond acceptors (Lipinski definition) is 1. The van der Waals surface area contributed by atoms with Crippen molar-refractivity contribution in [2.75, 3.05) is 0 Å². The first-order chi connectivity index (χ1) is 6.63. The highest BCUT2D eigenvalue weighted by atomic mass is 79.9. The van der Waals surface area contributed by atoms with Crippen LogP contribution in [0.1, 0.15) is 25.8 Å². The van der Waals surface area contributed by atoms with E-state index in [1.807, 2.05) is 18.2 Å². The molecule has 0 aromatic heterocycles. The Labute approximate surface area is 99.0 Å². The van der Waals surface area contributed by atoms with Crippen LogP contribution in [0, 0.1) is 0 Å². The Balaban J connectivity index is 2.62. The Kier molecular flexibility index (Phi) is 4.93. The summed E-state index contributed by atoms with van der Waals surface area (Å²) in [6, 6.07) is 6.40. The third-order valence-electron chi connectivity index (χ3n) is 2.26. The molecule has 0 heterocycles. The van der Waals surface area contributed by atoms with E-state index in [4.69, 9.17) is 11.6 Å². The van der Waals surface area contributed by atoms with Gasteiger partial charge in [-0.25, -0.2) is 0 Å². The van der Waals surface area contributed by atoms with Crippen molar-refractivity contribution >= 4 is 27.5 Å². The fraction of sp³-hybridized carbons (Fsp3) is 0.455. The van der Waals surface area contributed by atoms with Gasteiger partial charge in [0.15, 0.2) is 0 Å². The van der Waals surface area contributed by atoms with Crippen LogP contribution in [0.2, 0.25) is 5.02 Å². The Morgan fingerprint density at radius 1 is 1.50 bits per heavy atom. The highest BCUT2D eigenvalue weighted by Gasteiger charge is 2.02. The molecule has 0 fully saturated rings. The smallest absolute Gasteiger partial charge is 0.0410 e. The zero-order valence-corrected chi connectivity index (χ0v) is 10.8.